The summed E-state index contributed by atoms with van der Waals surface area (Å²) in [6.07, 6.45) is 8.17. The van der Waals surface area contributed by atoms with Gasteiger partial charge >= 0.3 is 0 Å². The third kappa shape index (κ3) is 5.39. The van der Waals surface area contributed by atoms with E-state index in [1.807, 2.05) is 0 Å². The van der Waals surface area contributed by atoms with E-state index < -0.39 is 26.0 Å². The van der Waals surface area contributed by atoms with Crippen LogP contribution >= 0.6 is 10.0 Å². The molecule has 0 bridgehead atoms. The number of amides is 1. The molecule has 0 unspecified atom stereocenters. The van der Waals surface area contributed by atoms with Crippen molar-refractivity contribution in [3.63, 3.8) is 0 Å². The van der Waals surface area contributed by atoms with Gasteiger partial charge in [-0.25, -0.2) is 32.8 Å². The summed E-state index contributed by atoms with van der Waals surface area (Å²) in [4.78, 5) is 16.9. The number of carbonyl (C=O) groups excluding carboxylic acids is 1. The molecule has 30 heavy (non-hydrogen) atoms. The molecule has 3 aromatic rings. The van der Waals surface area contributed by atoms with Crippen LogP contribution in [0, 0.1) is 6.92 Å². The van der Waals surface area contributed by atoms with Crippen molar-refractivity contribution in [2.45, 2.75) is 11.8 Å². The van der Waals surface area contributed by atoms with Crippen molar-refractivity contribution in [2.75, 3.05) is 24.7 Å². The molecule has 1 amide bonds. The largest absolute Gasteiger partial charge is 0.467 e. The Morgan fingerprint density at radius 2 is 1.77 bits per heavy atom. The molecule has 1 N–H and O–H groups in total. The van der Waals surface area contributed by atoms with Crippen molar-refractivity contribution in [2.24, 2.45) is 0 Å². The van der Waals surface area contributed by atoms with E-state index in [-0.39, 0.29) is 10.5 Å². The van der Waals surface area contributed by atoms with Gasteiger partial charge in [0.25, 0.3) is 15.9 Å². The molecule has 0 saturated carbocycles. The molecule has 0 atom stereocenters. The molecule has 160 valence electrons. The van der Waals surface area contributed by atoms with E-state index in [0.29, 0.717) is 23.3 Å². The number of rotatable bonds is 7. The highest BCUT2D eigenvalue weighted by Crippen LogP contribution is 2.34. The summed E-state index contributed by atoms with van der Waals surface area (Å²) >= 11 is 0. The van der Waals surface area contributed by atoms with Crippen molar-refractivity contribution in [1.82, 2.24) is 19.5 Å². The third-order valence-corrected chi connectivity index (χ3v) is 6.13. The summed E-state index contributed by atoms with van der Waals surface area (Å²) in [7, 11) is -4.78. The number of benzene rings is 1. The van der Waals surface area contributed by atoms with Gasteiger partial charge in [0.2, 0.25) is 5.88 Å². The van der Waals surface area contributed by atoms with Crippen LogP contribution in [0.15, 0.2) is 59.6 Å². The van der Waals surface area contributed by atoms with E-state index in [0.717, 1.165) is 0 Å². The fourth-order valence-electron chi connectivity index (χ4n) is 2.50. The molecule has 2 aromatic heterocycles. The first-order valence-electron chi connectivity index (χ1n) is 9.00. The predicted octanol–water partition coefficient (Wildman–Crippen LogP) is 2.72. The topological polar surface area (TPSA) is 103 Å². The second-order valence-electron chi connectivity index (χ2n) is 7.50. The number of pyridine rings is 1. The van der Waals surface area contributed by atoms with E-state index in [4.69, 9.17) is 4.74 Å². The molecule has 0 saturated heterocycles. The van der Waals surface area contributed by atoms with Crippen molar-refractivity contribution in [1.29, 1.82) is 0 Å². The normalized spacial score (nSPS) is 12.4. The number of nitrogens with zero attached hydrogens (tertiary/aromatic N) is 3. The molecule has 8 nitrogen and oxygen atoms in total. The van der Waals surface area contributed by atoms with Gasteiger partial charge in [-0.1, -0.05) is 18.2 Å². The van der Waals surface area contributed by atoms with Gasteiger partial charge < -0.3 is 4.74 Å². The number of hydrogen-bond donors (Lipinski definition) is 1. The minimum absolute atomic E-state index is 0.0155. The second-order valence-corrected chi connectivity index (χ2v) is 13.6. The van der Waals surface area contributed by atoms with E-state index >= 15 is 0 Å². The van der Waals surface area contributed by atoms with Gasteiger partial charge in [0.15, 0.2) is 5.82 Å². The summed E-state index contributed by atoms with van der Waals surface area (Å²) in [5.41, 5.74) is 0.545. The molecule has 10 heteroatoms. The molecule has 0 fully saturated rings. The Labute approximate surface area is 177 Å². The van der Waals surface area contributed by atoms with Crippen LogP contribution in [0.3, 0.4) is 0 Å². The molecule has 0 aliphatic heterocycles. The number of nitrogens with one attached hydrogen (secondary N) is 1. The highest BCUT2D eigenvalue weighted by Gasteiger charge is 2.20. The maximum atomic E-state index is 12.5. The average Bonchev–Trinajstić information content (AvgIpc) is 3.15. The Morgan fingerprint density at radius 3 is 2.40 bits per heavy atom. The Hall–Kier alpha value is -2.85. The van der Waals surface area contributed by atoms with E-state index in [9.17, 15) is 13.2 Å². The molecule has 0 radical (unpaired) electrons. The lowest BCUT2D eigenvalue weighted by Crippen LogP contribution is -2.31. The fraction of sp³-hybridized carbons (Fsp3) is 0.250. The molecule has 1 aromatic carbocycles. The van der Waals surface area contributed by atoms with E-state index in [1.165, 1.54) is 18.2 Å². The zero-order valence-electron chi connectivity index (χ0n) is 17.2. The molecular weight excluding hydrogens is 424 g/mol. The summed E-state index contributed by atoms with van der Waals surface area (Å²) < 4.78 is 34.1. The van der Waals surface area contributed by atoms with Crippen LogP contribution in [-0.2, 0) is 10.0 Å². The van der Waals surface area contributed by atoms with E-state index in [2.05, 4.69) is 33.6 Å². The maximum Gasteiger partial charge on any atom is 0.266 e. The number of sulfonamides is 1. The quantitative estimate of drug-likeness (QED) is 0.596. The smallest absolute Gasteiger partial charge is 0.266 e. The van der Waals surface area contributed by atoms with Crippen molar-refractivity contribution in [3.8, 4) is 11.7 Å². The van der Waals surface area contributed by atoms with Crippen LogP contribution in [0.4, 0.5) is 0 Å². The van der Waals surface area contributed by atoms with Crippen molar-refractivity contribution in [3.05, 3.63) is 66.0 Å². The van der Waals surface area contributed by atoms with Gasteiger partial charge in [0, 0.05) is 12.3 Å². The lowest BCUT2D eigenvalue weighted by atomic mass is 10.2. The first-order chi connectivity index (χ1) is 14.0. The summed E-state index contributed by atoms with van der Waals surface area (Å²) in [6.45, 7) is 1.64. The Kier molecular flexibility index (Phi) is 6.18. The van der Waals surface area contributed by atoms with Crippen LogP contribution in [0.1, 0.15) is 16.1 Å². The molecule has 0 aliphatic carbocycles. The average molecular weight is 449 g/mol. The number of aryl methyl sites for hydroxylation is 1. The maximum absolute atomic E-state index is 12.5. The summed E-state index contributed by atoms with van der Waals surface area (Å²) in [6, 6.07) is 12.6. The fourth-order valence-corrected chi connectivity index (χ4v) is 3.96. The first-order valence-corrected chi connectivity index (χ1v) is 13.5. The highest BCUT2D eigenvalue weighted by molar-refractivity contribution is 8.32. The first kappa shape index (κ1) is 21.8. The third-order valence-electron chi connectivity index (χ3n) is 3.96. The number of hydrogen-bond acceptors (Lipinski definition) is 6. The van der Waals surface area contributed by atoms with Crippen LogP contribution in [0.25, 0.3) is 5.82 Å². The van der Waals surface area contributed by atoms with Gasteiger partial charge in [0.1, 0.15) is 5.94 Å². The monoisotopic (exact) mass is 448 g/mol. The predicted molar refractivity (Wildman–Crippen MR) is 118 cm³/mol. The summed E-state index contributed by atoms with van der Waals surface area (Å²) in [5, 5.41) is 4.35. The minimum Gasteiger partial charge on any atom is -0.467 e. The van der Waals surface area contributed by atoms with Crippen LogP contribution in [0.5, 0.6) is 5.88 Å². The minimum atomic E-state index is -3.96. The molecule has 0 aliphatic rings. The van der Waals surface area contributed by atoms with Crippen LogP contribution in [0.2, 0.25) is 0 Å². The van der Waals surface area contributed by atoms with E-state index in [1.54, 1.807) is 48.1 Å². The number of ether oxygens (including phenoxy) is 1. The highest BCUT2D eigenvalue weighted by atomic mass is 32.3. The van der Waals surface area contributed by atoms with Crippen LogP contribution < -0.4 is 9.46 Å². The van der Waals surface area contributed by atoms with Gasteiger partial charge in [-0.2, -0.15) is 0 Å². The van der Waals surface area contributed by atoms with Gasteiger partial charge in [-0.05, 0) is 50.0 Å². The van der Waals surface area contributed by atoms with Gasteiger partial charge in [-0.15, -0.1) is 5.10 Å². The molecule has 2 heterocycles. The van der Waals surface area contributed by atoms with Crippen LogP contribution in [-0.4, -0.2) is 53.8 Å². The second kappa shape index (κ2) is 8.49. The Bertz CT molecular complexity index is 1150. The molecule has 3 rings (SSSR count). The van der Waals surface area contributed by atoms with Gasteiger partial charge in [-0.3, -0.25) is 4.79 Å². The molecule has 0 spiro atoms. The lowest BCUT2D eigenvalue weighted by molar-refractivity contribution is 0.0980. The van der Waals surface area contributed by atoms with Crippen molar-refractivity contribution < 1.29 is 17.9 Å². The molecular formula is C20H24N4O4S2. The lowest BCUT2D eigenvalue weighted by Gasteiger charge is -2.23. The number of carbonyl (C=O) groups is 1. The zero-order valence-corrected chi connectivity index (χ0v) is 18.8. The Morgan fingerprint density at radius 1 is 1.07 bits per heavy atom. The Balaban J connectivity index is 1.76. The number of aromatic nitrogens is 3. The van der Waals surface area contributed by atoms with Crippen molar-refractivity contribution >= 4 is 26.0 Å². The zero-order chi connectivity index (χ0) is 21.9. The standard InChI is InChI=1S/C20H24N4O4S2/c1-15-17(20(25)23-30(26,27)16-8-6-5-7-9-16)10-11-18(21-15)24-13-12-19(22-24)28-14-29(2,3)4/h5-13H,14H2,1-4H3,(H,23,25). The summed E-state index contributed by atoms with van der Waals surface area (Å²) in [5.74, 6) is 0.847. The van der Waals surface area contributed by atoms with Gasteiger partial charge in [0.05, 0.1) is 16.2 Å². The SMILES string of the molecule is Cc1nc(-n2ccc(OCS(C)(C)C)n2)ccc1C(=O)NS(=O)(=O)c1ccccc1.